The summed E-state index contributed by atoms with van der Waals surface area (Å²) in [6, 6.07) is 8.36. The summed E-state index contributed by atoms with van der Waals surface area (Å²) in [6.45, 7) is 2.24. The Morgan fingerprint density at radius 2 is 2.03 bits per heavy atom. The molecule has 0 saturated heterocycles. The molecule has 0 aromatic heterocycles. The van der Waals surface area contributed by atoms with Crippen molar-refractivity contribution < 1.29 is 9.59 Å². The minimum atomic E-state index is -0.400. The molecule has 3 unspecified atom stereocenters. The van der Waals surface area contributed by atoms with Crippen LogP contribution in [0.1, 0.15) is 75.5 Å². The van der Waals surface area contributed by atoms with Crippen LogP contribution in [0.5, 0.6) is 0 Å². The number of amides is 2. The first-order valence-corrected chi connectivity index (χ1v) is 12.4. The summed E-state index contributed by atoms with van der Waals surface area (Å²) >= 11 is 1.24. The quantitative estimate of drug-likeness (QED) is 0.707. The summed E-state index contributed by atoms with van der Waals surface area (Å²) in [5.41, 5.74) is 7.81. The van der Waals surface area contributed by atoms with Crippen molar-refractivity contribution in [3.63, 3.8) is 0 Å². The molecule has 162 valence electrons. The lowest BCUT2D eigenvalue weighted by Gasteiger charge is -2.53. The number of unbranched alkanes of at least 4 members (excludes halogenated alkanes) is 1. The van der Waals surface area contributed by atoms with Gasteiger partial charge in [0.2, 0.25) is 11.8 Å². The van der Waals surface area contributed by atoms with Crippen molar-refractivity contribution in [1.29, 1.82) is 0 Å². The van der Waals surface area contributed by atoms with Gasteiger partial charge in [-0.3, -0.25) is 14.6 Å². The van der Waals surface area contributed by atoms with Crippen molar-refractivity contribution in [2.24, 2.45) is 28.0 Å². The van der Waals surface area contributed by atoms with Crippen LogP contribution in [0.4, 0.5) is 0 Å². The van der Waals surface area contributed by atoms with Gasteiger partial charge < -0.3 is 11.1 Å². The van der Waals surface area contributed by atoms with Crippen LogP contribution in [0.2, 0.25) is 0 Å². The number of primary amides is 1. The number of benzene rings is 1. The Balaban J connectivity index is 1.79. The summed E-state index contributed by atoms with van der Waals surface area (Å²) in [4.78, 5) is 29.9. The van der Waals surface area contributed by atoms with Crippen LogP contribution in [-0.4, -0.2) is 22.7 Å². The molecule has 0 radical (unpaired) electrons. The molecule has 2 amide bonds. The molecule has 0 spiro atoms. The predicted octanol–water partition coefficient (Wildman–Crippen LogP) is 4.36. The van der Waals surface area contributed by atoms with E-state index in [0.717, 1.165) is 25.7 Å². The van der Waals surface area contributed by atoms with Gasteiger partial charge in [-0.15, -0.1) is 0 Å². The van der Waals surface area contributed by atoms with Crippen LogP contribution in [-0.2, 0) is 16.0 Å². The van der Waals surface area contributed by atoms with Crippen LogP contribution in [0, 0.1) is 17.3 Å². The van der Waals surface area contributed by atoms with Crippen LogP contribution in [0.25, 0.3) is 0 Å². The Bertz CT molecular complexity index is 833. The first-order chi connectivity index (χ1) is 14.5. The fourth-order valence-electron chi connectivity index (χ4n) is 6.08. The van der Waals surface area contributed by atoms with Gasteiger partial charge in [0.1, 0.15) is 0 Å². The van der Waals surface area contributed by atoms with Crippen molar-refractivity contribution in [3.05, 3.63) is 35.4 Å². The number of hydrogen-bond acceptors (Lipinski definition) is 4. The normalized spacial score (nSPS) is 28.8. The van der Waals surface area contributed by atoms with E-state index in [2.05, 4.69) is 30.4 Å². The summed E-state index contributed by atoms with van der Waals surface area (Å²) in [5, 5.41) is 3.57. The summed E-state index contributed by atoms with van der Waals surface area (Å²) < 4.78 is 0. The molecule has 0 bridgehead atoms. The molecule has 1 aromatic carbocycles. The first kappa shape index (κ1) is 21.4. The van der Waals surface area contributed by atoms with E-state index in [0.29, 0.717) is 11.1 Å². The van der Waals surface area contributed by atoms with Crippen LogP contribution >= 0.6 is 11.8 Å². The zero-order chi connectivity index (χ0) is 21.1. The maximum atomic E-state index is 13.6. The molecule has 3 N–H and O–H groups in total. The van der Waals surface area contributed by atoms with E-state index < -0.39 is 5.91 Å². The van der Waals surface area contributed by atoms with Crippen LogP contribution in [0.15, 0.2) is 29.3 Å². The largest absolute Gasteiger partial charge is 0.369 e. The lowest BCUT2D eigenvalue weighted by atomic mass is 9.52. The minimum absolute atomic E-state index is 0.0388. The topological polar surface area (TPSA) is 84.5 Å². The summed E-state index contributed by atoms with van der Waals surface area (Å²) in [6.07, 6.45) is 10.6. The lowest BCUT2D eigenvalue weighted by Crippen LogP contribution is -2.55. The number of nitrogens with zero attached hydrogens (tertiary/aromatic N) is 1. The molecule has 1 heterocycles. The number of aliphatic imine (C=N–C) groups is 1. The summed E-state index contributed by atoms with van der Waals surface area (Å²) in [5.74, 6) is 0.238. The number of hydrogen-bond donors (Lipinski definition) is 2. The molecule has 1 aliphatic heterocycles. The number of nitrogens with one attached hydrogen (secondary N) is 1. The fourth-order valence-corrected chi connectivity index (χ4v) is 6.71. The molecular weight excluding hydrogens is 394 g/mol. The Hall–Kier alpha value is -1.82. The third kappa shape index (κ3) is 4.03. The number of carbonyl (C=O) groups excluding carboxylic acids is 2. The van der Waals surface area contributed by atoms with Gasteiger partial charge in [0.15, 0.2) is 5.17 Å². The number of carbonyl (C=O) groups is 2. The molecule has 3 atom stereocenters. The van der Waals surface area contributed by atoms with Crippen molar-refractivity contribution in [2.75, 3.05) is 5.75 Å². The Labute approximate surface area is 183 Å². The Morgan fingerprint density at radius 1 is 1.27 bits per heavy atom. The van der Waals surface area contributed by atoms with E-state index >= 15 is 0 Å². The van der Waals surface area contributed by atoms with E-state index in [1.54, 1.807) is 0 Å². The van der Waals surface area contributed by atoms with E-state index in [1.807, 2.05) is 6.07 Å². The zero-order valence-corrected chi connectivity index (χ0v) is 18.7. The van der Waals surface area contributed by atoms with Gasteiger partial charge in [-0.1, -0.05) is 75.1 Å². The fraction of sp³-hybridized carbons (Fsp3) is 0.625. The van der Waals surface area contributed by atoms with Gasteiger partial charge in [-0.05, 0) is 48.1 Å². The monoisotopic (exact) mass is 427 g/mol. The molecule has 6 heteroatoms. The zero-order valence-electron chi connectivity index (χ0n) is 17.9. The van der Waals surface area contributed by atoms with Gasteiger partial charge >= 0.3 is 0 Å². The molecule has 2 aliphatic carbocycles. The number of nitrogens with two attached hydrogens (primary N) is 1. The van der Waals surface area contributed by atoms with Crippen molar-refractivity contribution >= 4 is 28.7 Å². The highest BCUT2D eigenvalue weighted by atomic mass is 32.2. The molecular formula is C24H33N3O2S. The van der Waals surface area contributed by atoms with Gasteiger partial charge in [0, 0.05) is 0 Å². The molecule has 3 aliphatic rings. The van der Waals surface area contributed by atoms with E-state index in [1.165, 1.54) is 55.0 Å². The molecule has 5 nitrogen and oxygen atoms in total. The van der Waals surface area contributed by atoms with Crippen LogP contribution < -0.4 is 11.1 Å². The first-order valence-electron chi connectivity index (χ1n) is 11.4. The lowest BCUT2D eigenvalue weighted by molar-refractivity contribution is -0.134. The van der Waals surface area contributed by atoms with E-state index in [-0.39, 0.29) is 29.0 Å². The maximum absolute atomic E-state index is 13.6. The number of rotatable bonds is 6. The Kier molecular flexibility index (Phi) is 6.51. The number of amidine groups is 1. The number of thioether (sulfide) groups is 1. The maximum Gasteiger partial charge on any atom is 0.232 e. The average Bonchev–Trinajstić information content (AvgIpc) is 2.76. The summed E-state index contributed by atoms with van der Waals surface area (Å²) in [7, 11) is 0. The second kappa shape index (κ2) is 9.13. The van der Waals surface area contributed by atoms with Crippen molar-refractivity contribution in [1.82, 2.24) is 5.32 Å². The smallest absolute Gasteiger partial charge is 0.232 e. The Morgan fingerprint density at radius 3 is 2.77 bits per heavy atom. The molecule has 1 saturated carbocycles. The molecule has 4 rings (SSSR count). The predicted molar refractivity (Wildman–Crippen MR) is 122 cm³/mol. The molecule has 1 aromatic rings. The average molecular weight is 428 g/mol. The molecule has 30 heavy (non-hydrogen) atoms. The van der Waals surface area contributed by atoms with E-state index in [9.17, 15) is 9.59 Å². The van der Waals surface area contributed by atoms with Crippen molar-refractivity contribution in [3.8, 4) is 0 Å². The standard InChI is InChI=1S/C24H33N3O2S/c1-2-3-13-24(17-10-5-4-6-11-17)14-16-9-7-8-12-18(16)21-20(24)22(29)27-23(26-21)30-15-19(25)28/h7-9,12,17,20-21H,2-6,10-11,13-15H2,1H3,(H2,25,28)(H,26,27,29). The second-order valence-electron chi connectivity index (χ2n) is 9.15. The third-order valence-electron chi connectivity index (χ3n) is 7.36. The minimum Gasteiger partial charge on any atom is -0.369 e. The highest BCUT2D eigenvalue weighted by Crippen LogP contribution is 2.58. The second-order valence-corrected chi connectivity index (χ2v) is 10.1. The molecule has 1 fully saturated rings. The van der Waals surface area contributed by atoms with Gasteiger partial charge in [-0.2, -0.15) is 0 Å². The third-order valence-corrected chi connectivity index (χ3v) is 8.27. The van der Waals surface area contributed by atoms with Crippen LogP contribution in [0.3, 0.4) is 0 Å². The number of fused-ring (bicyclic) bond motifs is 3. The van der Waals surface area contributed by atoms with Crippen molar-refractivity contribution in [2.45, 2.75) is 70.8 Å². The SMILES string of the molecule is CCCCC1(C2CCCCC2)Cc2ccccc2C2N=C(SCC(N)=O)NC(=O)C21. The van der Waals surface area contributed by atoms with Gasteiger partial charge in [0.05, 0.1) is 17.7 Å². The van der Waals surface area contributed by atoms with Gasteiger partial charge in [0.25, 0.3) is 0 Å². The highest BCUT2D eigenvalue weighted by molar-refractivity contribution is 8.14. The van der Waals surface area contributed by atoms with Gasteiger partial charge in [-0.25, -0.2) is 0 Å². The van der Waals surface area contributed by atoms with E-state index in [4.69, 9.17) is 10.7 Å². The highest BCUT2D eigenvalue weighted by Gasteiger charge is 2.55.